The smallest absolute Gasteiger partial charge is 0.328 e. The van der Waals surface area contributed by atoms with Crippen molar-refractivity contribution in [3.05, 3.63) is 0 Å². The van der Waals surface area contributed by atoms with Crippen molar-refractivity contribution in [1.82, 2.24) is 15.5 Å². The summed E-state index contributed by atoms with van der Waals surface area (Å²) in [5.74, 6) is -2.91. The Labute approximate surface area is 192 Å². The summed E-state index contributed by atoms with van der Waals surface area (Å²) in [6, 6.07) is -2.98. The van der Waals surface area contributed by atoms with Gasteiger partial charge in [0.1, 0.15) is 12.1 Å². The number of nitrogens with zero attached hydrogens (tertiary/aromatic N) is 1. The van der Waals surface area contributed by atoms with Crippen LogP contribution in [0.3, 0.4) is 0 Å². The molecule has 0 aromatic rings. The second-order valence-corrected chi connectivity index (χ2v) is 9.59. The van der Waals surface area contributed by atoms with Gasteiger partial charge in [0.25, 0.3) is 0 Å². The van der Waals surface area contributed by atoms with Gasteiger partial charge in [-0.1, -0.05) is 40.5 Å². The van der Waals surface area contributed by atoms with Gasteiger partial charge in [-0.25, -0.2) is 4.79 Å². The van der Waals surface area contributed by atoms with Crippen molar-refractivity contribution < 1.29 is 29.0 Å². The van der Waals surface area contributed by atoms with Crippen molar-refractivity contribution >= 4 is 23.7 Å². The summed E-state index contributed by atoms with van der Waals surface area (Å²) in [7, 11) is 1.56. The lowest BCUT2D eigenvalue weighted by atomic mass is 9.94. The van der Waals surface area contributed by atoms with Gasteiger partial charge >= 0.3 is 5.97 Å². The first-order chi connectivity index (χ1) is 14.6. The highest BCUT2D eigenvalue weighted by atomic mass is 16.5. The zero-order valence-corrected chi connectivity index (χ0v) is 21.3. The summed E-state index contributed by atoms with van der Waals surface area (Å²) < 4.78 is 5.72. The quantitative estimate of drug-likeness (QED) is 0.412. The number of nitrogens with one attached hydrogen (secondary N) is 2. The first-order valence-electron chi connectivity index (χ1n) is 11.3. The molecule has 0 heterocycles. The zero-order chi connectivity index (χ0) is 25.4. The molecular formula is C23H43N3O6. The van der Waals surface area contributed by atoms with E-state index < -0.39 is 47.6 Å². The van der Waals surface area contributed by atoms with Gasteiger partial charge in [-0.3, -0.25) is 14.4 Å². The highest BCUT2D eigenvalue weighted by Gasteiger charge is 2.37. The first kappa shape index (κ1) is 29.8. The molecule has 0 aliphatic heterocycles. The number of rotatable bonds is 12. The van der Waals surface area contributed by atoms with Gasteiger partial charge < -0.3 is 25.4 Å². The number of ether oxygens (including phenoxy) is 1. The standard InChI is InChI=1S/C23H43N3O6/c1-11-13(3)17(24-21(29)19(14(4)12-2)26(10)16(6)27)20(28)25-18(22(30)31)15(5)32-23(7,8)9/h13-15,17-19H,11-12H2,1-10H3,(H,24,29)(H,25,28)(H,30,31)/t13-,14-,15+,17-,18-,19-/m0/s1. The number of hydrogen-bond acceptors (Lipinski definition) is 5. The summed E-state index contributed by atoms with van der Waals surface area (Å²) in [6.45, 7) is 15.8. The fourth-order valence-corrected chi connectivity index (χ4v) is 3.42. The molecule has 3 amide bonds. The number of likely N-dealkylation sites (N-methyl/N-ethyl adjacent to an activating group) is 1. The van der Waals surface area contributed by atoms with E-state index >= 15 is 0 Å². The van der Waals surface area contributed by atoms with E-state index in [-0.39, 0.29) is 17.7 Å². The minimum absolute atomic E-state index is 0.128. The second kappa shape index (κ2) is 12.8. The lowest BCUT2D eigenvalue weighted by molar-refractivity contribution is -0.151. The maximum absolute atomic E-state index is 13.1. The highest BCUT2D eigenvalue weighted by molar-refractivity contribution is 5.93. The molecular weight excluding hydrogens is 414 g/mol. The van der Waals surface area contributed by atoms with Crippen LogP contribution in [0.5, 0.6) is 0 Å². The largest absolute Gasteiger partial charge is 0.480 e. The van der Waals surface area contributed by atoms with Crippen LogP contribution in [0.1, 0.15) is 75.2 Å². The topological polar surface area (TPSA) is 125 Å². The molecule has 0 unspecified atom stereocenters. The summed E-state index contributed by atoms with van der Waals surface area (Å²) in [5.41, 5.74) is -0.594. The van der Waals surface area contributed by atoms with Crippen molar-refractivity contribution in [3.8, 4) is 0 Å². The lowest BCUT2D eigenvalue weighted by Gasteiger charge is -2.34. The minimum atomic E-state index is -1.28. The maximum atomic E-state index is 13.1. The van der Waals surface area contributed by atoms with Crippen molar-refractivity contribution in [2.24, 2.45) is 11.8 Å². The average molecular weight is 458 g/mol. The van der Waals surface area contributed by atoms with E-state index in [1.165, 1.54) is 11.8 Å². The van der Waals surface area contributed by atoms with Crippen LogP contribution in [0.25, 0.3) is 0 Å². The molecule has 0 aromatic carbocycles. The number of carbonyl (C=O) groups excluding carboxylic acids is 3. The second-order valence-electron chi connectivity index (χ2n) is 9.59. The highest BCUT2D eigenvalue weighted by Crippen LogP contribution is 2.17. The molecule has 0 radical (unpaired) electrons. The van der Waals surface area contributed by atoms with Crippen LogP contribution in [-0.4, -0.2) is 70.6 Å². The Morgan fingerprint density at radius 3 is 1.75 bits per heavy atom. The van der Waals surface area contributed by atoms with Gasteiger partial charge in [-0.15, -0.1) is 0 Å². The molecule has 9 heteroatoms. The van der Waals surface area contributed by atoms with Crippen LogP contribution in [-0.2, 0) is 23.9 Å². The predicted octanol–water partition coefficient (Wildman–Crippen LogP) is 2.18. The average Bonchev–Trinajstić information content (AvgIpc) is 2.67. The van der Waals surface area contributed by atoms with Crippen molar-refractivity contribution in [2.75, 3.05) is 7.05 Å². The van der Waals surface area contributed by atoms with E-state index in [1.807, 2.05) is 27.7 Å². The van der Waals surface area contributed by atoms with Crippen LogP contribution >= 0.6 is 0 Å². The maximum Gasteiger partial charge on any atom is 0.328 e. The molecule has 0 rings (SSSR count). The Kier molecular flexibility index (Phi) is 11.9. The van der Waals surface area contributed by atoms with Crippen LogP contribution in [0.15, 0.2) is 0 Å². The molecule has 9 nitrogen and oxygen atoms in total. The van der Waals surface area contributed by atoms with Crippen LogP contribution in [0.2, 0.25) is 0 Å². The van der Waals surface area contributed by atoms with E-state index in [9.17, 15) is 24.3 Å². The molecule has 32 heavy (non-hydrogen) atoms. The lowest BCUT2D eigenvalue weighted by Crippen LogP contribution is -2.60. The SMILES string of the molecule is CC[C@H](C)[C@H](NC(=O)[C@H]([C@@H](C)CC)N(C)C(C)=O)C(=O)N[C@H](C(=O)O)[C@@H](C)OC(C)(C)C. The third-order valence-electron chi connectivity index (χ3n) is 5.73. The summed E-state index contributed by atoms with van der Waals surface area (Å²) in [5, 5.41) is 15.0. The number of amides is 3. The Bertz CT molecular complexity index is 661. The van der Waals surface area contributed by atoms with Crippen LogP contribution < -0.4 is 10.6 Å². The van der Waals surface area contributed by atoms with E-state index in [0.717, 1.165) is 0 Å². The van der Waals surface area contributed by atoms with Crippen molar-refractivity contribution in [2.45, 2.75) is 105 Å². The monoisotopic (exact) mass is 457 g/mol. The number of carboxylic acids is 1. The molecule has 0 aliphatic carbocycles. The van der Waals surface area contributed by atoms with Crippen LogP contribution in [0, 0.1) is 11.8 Å². The van der Waals surface area contributed by atoms with Gasteiger partial charge in [-0.2, -0.15) is 0 Å². The predicted molar refractivity (Wildman–Crippen MR) is 123 cm³/mol. The molecule has 186 valence electrons. The molecule has 0 fully saturated rings. The Hall–Kier alpha value is -2.16. The first-order valence-corrected chi connectivity index (χ1v) is 11.3. The molecule has 0 aliphatic rings. The van der Waals surface area contributed by atoms with Crippen molar-refractivity contribution in [3.63, 3.8) is 0 Å². The minimum Gasteiger partial charge on any atom is -0.480 e. The fraction of sp³-hybridized carbons (Fsp3) is 0.826. The Morgan fingerprint density at radius 2 is 1.38 bits per heavy atom. The molecule has 0 bridgehead atoms. The van der Waals surface area contributed by atoms with Gasteiger partial charge in [-0.05, 0) is 39.5 Å². The van der Waals surface area contributed by atoms with Crippen molar-refractivity contribution in [1.29, 1.82) is 0 Å². The van der Waals surface area contributed by atoms with Crippen LogP contribution in [0.4, 0.5) is 0 Å². The van der Waals surface area contributed by atoms with E-state index in [1.54, 1.807) is 34.7 Å². The summed E-state index contributed by atoms with van der Waals surface area (Å²) >= 11 is 0. The summed E-state index contributed by atoms with van der Waals surface area (Å²) in [4.78, 5) is 51.4. The van der Waals surface area contributed by atoms with E-state index in [4.69, 9.17) is 4.74 Å². The van der Waals surface area contributed by atoms with Gasteiger partial charge in [0.05, 0.1) is 11.7 Å². The number of hydrogen-bond donors (Lipinski definition) is 3. The van der Waals surface area contributed by atoms with Gasteiger partial charge in [0.15, 0.2) is 6.04 Å². The summed E-state index contributed by atoms with van der Waals surface area (Å²) in [6.07, 6.45) is 0.459. The Morgan fingerprint density at radius 1 is 0.906 bits per heavy atom. The zero-order valence-electron chi connectivity index (χ0n) is 21.3. The van der Waals surface area contributed by atoms with E-state index in [2.05, 4.69) is 10.6 Å². The number of carbonyl (C=O) groups is 4. The fourth-order valence-electron chi connectivity index (χ4n) is 3.42. The van der Waals surface area contributed by atoms with E-state index in [0.29, 0.717) is 12.8 Å². The number of aliphatic carboxylic acids is 1. The molecule has 0 spiro atoms. The molecule has 0 saturated carbocycles. The molecule has 0 saturated heterocycles. The normalized spacial score (nSPS) is 17.3. The van der Waals surface area contributed by atoms with Gasteiger partial charge in [0.2, 0.25) is 17.7 Å². The molecule has 3 N–H and O–H groups in total. The molecule has 6 atom stereocenters. The third-order valence-corrected chi connectivity index (χ3v) is 5.73. The Balaban J connectivity index is 5.76. The number of carboxylic acid groups (broad SMARTS) is 1. The van der Waals surface area contributed by atoms with Gasteiger partial charge in [0, 0.05) is 14.0 Å². The molecule has 0 aromatic heterocycles. The third kappa shape index (κ3) is 9.14.